The molecule has 1 aromatic rings. The summed E-state index contributed by atoms with van der Waals surface area (Å²) in [5.74, 6) is 0. The van der Waals surface area contributed by atoms with Gasteiger partial charge in [0.15, 0.2) is 0 Å². The van der Waals surface area contributed by atoms with Gasteiger partial charge in [0.1, 0.15) is 0 Å². The van der Waals surface area contributed by atoms with Crippen LogP contribution in [0.3, 0.4) is 0 Å². The molecule has 0 unspecified atom stereocenters. The summed E-state index contributed by atoms with van der Waals surface area (Å²) in [6.45, 7) is 5.01. The van der Waals surface area contributed by atoms with Gasteiger partial charge in [-0.3, -0.25) is 15.0 Å². The summed E-state index contributed by atoms with van der Waals surface area (Å²) in [4.78, 5) is 12.7. The lowest BCUT2D eigenvalue weighted by Crippen LogP contribution is -2.18. The predicted octanol–water partition coefficient (Wildman–Crippen LogP) is 2.50. The Labute approximate surface area is 95.0 Å². The zero-order valence-corrected chi connectivity index (χ0v) is 9.48. The van der Waals surface area contributed by atoms with Gasteiger partial charge in [-0.2, -0.15) is 0 Å². The average Bonchev–Trinajstić information content (AvgIpc) is 2.70. The van der Waals surface area contributed by atoms with Crippen LogP contribution in [0.15, 0.2) is 18.2 Å². The Kier molecular flexibility index (Phi) is 3.19. The van der Waals surface area contributed by atoms with Crippen molar-refractivity contribution in [3.05, 3.63) is 39.4 Å². The summed E-state index contributed by atoms with van der Waals surface area (Å²) in [7, 11) is 0. The summed E-state index contributed by atoms with van der Waals surface area (Å²) >= 11 is 0. The van der Waals surface area contributed by atoms with Gasteiger partial charge >= 0.3 is 0 Å². The van der Waals surface area contributed by atoms with E-state index >= 15 is 0 Å². The third kappa shape index (κ3) is 2.39. The summed E-state index contributed by atoms with van der Waals surface area (Å²) in [5.41, 5.74) is 2.14. The number of nitro groups is 1. The van der Waals surface area contributed by atoms with Crippen LogP contribution in [0.1, 0.15) is 24.0 Å². The van der Waals surface area contributed by atoms with Crippen molar-refractivity contribution in [3.63, 3.8) is 0 Å². The van der Waals surface area contributed by atoms with Crippen molar-refractivity contribution in [1.82, 2.24) is 4.90 Å². The molecule has 86 valence electrons. The van der Waals surface area contributed by atoms with Gasteiger partial charge in [-0.15, -0.1) is 0 Å². The van der Waals surface area contributed by atoms with Gasteiger partial charge in [0.05, 0.1) is 4.92 Å². The molecule has 1 fully saturated rings. The first-order valence-electron chi connectivity index (χ1n) is 5.63. The number of rotatable bonds is 3. The van der Waals surface area contributed by atoms with Crippen LogP contribution in [0.5, 0.6) is 0 Å². The van der Waals surface area contributed by atoms with Crippen molar-refractivity contribution in [2.45, 2.75) is 26.3 Å². The molecule has 0 amide bonds. The second-order valence-electron chi connectivity index (χ2n) is 4.36. The van der Waals surface area contributed by atoms with Crippen LogP contribution in [0.25, 0.3) is 0 Å². The average molecular weight is 220 g/mol. The number of benzene rings is 1. The minimum atomic E-state index is -0.324. The number of nitro benzene ring substituents is 1. The fraction of sp³-hybridized carbons (Fsp3) is 0.500. The maximum atomic E-state index is 10.7. The Morgan fingerprint density at radius 3 is 2.62 bits per heavy atom. The molecule has 0 radical (unpaired) electrons. The molecule has 0 aliphatic carbocycles. The minimum absolute atomic E-state index is 0.213. The van der Waals surface area contributed by atoms with Gasteiger partial charge in [0, 0.05) is 18.2 Å². The second-order valence-corrected chi connectivity index (χ2v) is 4.36. The van der Waals surface area contributed by atoms with E-state index in [4.69, 9.17) is 0 Å². The molecule has 0 saturated carbocycles. The van der Waals surface area contributed by atoms with E-state index in [1.807, 2.05) is 12.1 Å². The van der Waals surface area contributed by atoms with E-state index in [2.05, 4.69) is 4.90 Å². The van der Waals surface area contributed by atoms with Gasteiger partial charge in [-0.25, -0.2) is 0 Å². The third-order valence-electron chi connectivity index (χ3n) is 3.06. The fourth-order valence-electron chi connectivity index (χ4n) is 2.22. The van der Waals surface area contributed by atoms with Crippen LogP contribution in [-0.2, 0) is 6.54 Å². The fourth-order valence-corrected chi connectivity index (χ4v) is 2.22. The van der Waals surface area contributed by atoms with Crippen LogP contribution in [0, 0.1) is 17.0 Å². The first kappa shape index (κ1) is 11.1. The maximum absolute atomic E-state index is 10.7. The highest BCUT2D eigenvalue weighted by molar-refractivity contribution is 5.41. The summed E-state index contributed by atoms with van der Waals surface area (Å²) < 4.78 is 0. The molecule has 0 N–H and O–H groups in total. The first-order chi connectivity index (χ1) is 7.66. The zero-order valence-electron chi connectivity index (χ0n) is 9.48. The quantitative estimate of drug-likeness (QED) is 0.580. The van der Waals surface area contributed by atoms with Crippen LogP contribution < -0.4 is 0 Å². The highest BCUT2D eigenvalue weighted by Crippen LogP contribution is 2.20. The number of hydrogen-bond acceptors (Lipinski definition) is 3. The number of aryl methyl sites for hydroxylation is 1. The SMILES string of the molecule is Cc1cc(CN2CCCC2)ccc1[N+](=O)[O-]. The lowest BCUT2D eigenvalue weighted by atomic mass is 10.1. The molecular weight excluding hydrogens is 204 g/mol. The molecule has 4 heteroatoms. The lowest BCUT2D eigenvalue weighted by molar-refractivity contribution is -0.385. The second kappa shape index (κ2) is 4.61. The number of likely N-dealkylation sites (tertiary alicyclic amines) is 1. The Morgan fingerprint density at radius 2 is 2.06 bits per heavy atom. The van der Waals surface area contributed by atoms with Crippen LogP contribution in [0.4, 0.5) is 5.69 Å². The summed E-state index contributed by atoms with van der Waals surface area (Å²) in [6.07, 6.45) is 2.54. The molecular formula is C12H16N2O2. The van der Waals surface area contributed by atoms with Crippen LogP contribution >= 0.6 is 0 Å². The van der Waals surface area contributed by atoms with Crippen molar-refractivity contribution in [2.75, 3.05) is 13.1 Å². The Morgan fingerprint density at radius 1 is 1.38 bits per heavy atom. The summed E-state index contributed by atoms with van der Waals surface area (Å²) in [5, 5.41) is 10.7. The van der Waals surface area contributed by atoms with Gasteiger partial charge in [0.25, 0.3) is 5.69 Å². The normalized spacial score (nSPS) is 16.6. The van der Waals surface area contributed by atoms with E-state index in [0.717, 1.165) is 25.2 Å². The first-order valence-corrected chi connectivity index (χ1v) is 5.63. The van der Waals surface area contributed by atoms with E-state index in [1.165, 1.54) is 18.4 Å². The lowest BCUT2D eigenvalue weighted by Gasteiger charge is -2.14. The standard InChI is InChI=1S/C12H16N2O2/c1-10-8-11(4-5-12(10)14(15)16)9-13-6-2-3-7-13/h4-5,8H,2-3,6-7,9H2,1H3. The van der Waals surface area contributed by atoms with E-state index < -0.39 is 0 Å². The molecule has 2 rings (SSSR count). The zero-order chi connectivity index (χ0) is 11.5. The van der Waals surface area contributed by atoms with Gasteiger partial charge < -0.3 is 0 Å². The molecule has 0 atom stereocenters. The Hall–Kier alpha value is -1.42. The highest BCUT2D eigenvalue weighted by atomic mass is 16.6. The van der Waals surface area contributed by atoms with Crippen molar-refractivity contribution in [1.29, 1.82) is 0 Å². The predicted molar refractivity (Wildman–Crippen MR) is 62.3 cm³/mol. The monoisotopic (exact) mass is 220 g/mol. The molecule has 1 aromatic carbocycles. The molecule has 1 aliphatic heterocycles. The van der Waals surface area contributed by atoms with Gasteiger partial charge in [0.2, 0.25) is 0 Å². The van der Waals surface area contributed by atoms with Crippen molar-refractivity contribution >= 4 is 5.69 Å². The molecule has 16 heavy (non-hydrogen) atoms. The topological polar surface area (TPSA) is 46.4 Å². The van der Waals surface area contributed by atoms with Crippen molar-refractivity contribution < 1.29 is 4.92 Å². The molecule has 1 aliphatic rings. The smallest absolute Gasteiger partial charge is 0.272 e. The molecule has 1 heterocycles. The molecule has 0 bridgehead atoms. The summed E-state index contributed by atoms with van der Waals surface area (Å²) in [6, 6.07) is 5.40. The minimum Gasteiger partial charge on any atom is -0.299 e. The molecule has 1 saturated heterocycles. The van der Waals surface area contributed by atoms with Crippen molar-refractivity contribution in [3.8, 4) is 0 Å². The van der Waals surface area contributed by atoms with E-state index in [1.54, 1.807) is 13.0 Å². The van der Waals surface area contributed by atoms with E-state index in [0.29, 0.717) is 0 Å². The highest BCUT2D eigenvalue weighted by Gasteiger charge is 2.14. The third-order valence-corrected chi connectivity index (χ3v) is 3.06. The van der Waals surface area contributed by atoms with Gasteiger partial charge in [-0.05, 0) is 44.5 Å². The number of nitrogens with zero attached hydrogens (tertiary/aromatic N) is 2. The van der Waals surface area contributed by atoms with Crippen LogP contribution in [0.2, 0.25) is 0 Å². The largest absolute Gasteiger partial charge is 0.299 e. The maximum Gasteiger partial charge on any atom is 0.272 e. The number of hydrogen-bond donors (Lipinski definition) is 0. The molecule has 4 nitrogen and oxygen atoms in total. The van der Waals surface area contributed by atoms with E-state index in [-0.39, 0.29) is 10.6 Å². The Bertz CT molecular complexity index is 398. The van der Waals surface area contributed by atoms with Crippen molar-refractivity contribution in [2.24, 2.45) is 0 Å². The van der Waals surface area contributed by atoms with Gasteiger partial charge in [-0.1, -0.05) is 6.07 Å². The Balaban J connectivity index is 2.11. The molecule has 0 aromatic heterocycles. The molecule has 0 spiro atoms. The van der Waals surface area contributed by atoms with E-state index in [9.17, 15) is 10.1 Å². The van der Waals surface area contributed by atoms with Crippen LogP contribution in [-0.4, -0.2) is 22.9 Å².